The molecule has 20 heavy (non-hydrogen) atoms. The summed E-state index contributed by atoms with van der Waals surface area (Å²) in [7, 11) is -0.922. The number of thiophene rings is 1. The van der Waals surface area contributed by atoms with Crippen LogP contribution in [0.4, 0.5) is 0 Å². The highest BCUT2D eigenvalue weighted by atomic mass is 32.2. The maximum atomic E-state index is 12.7. The maximum absolute atomic E-state index is 12.7. The molecule has 1 aliphatic rings. The molecule has 1 aliphatic carbocycles. The number of carbonyl (C=O) groups excluding carboxylic acids is 1. The Balaban J connectivity index is 2.33. The summed E-state index contributed by atoms with van der Waals surface area (Å²) in [5.74, 6) is -0.624. The predicted octanol–water partition coefficient (Wildman–Crippen LogP) is 1.33. The molecule has 0 saturated heterocycles. The topological polar surface area (TPSA) is 72.9 Å². The Hall–Kier alpha value is -0.960. The second-order valence-corrected chi connectivity index (χ2v) is 7.22. The normalized spacial score (nSPS) is 15.6. The molecule has 0 amide bonds. The molecule has 1 aromatic heterocycles. The summed E-state index contributed by atoms with van der Waals surface area (Å²) in [6, 6.07) is 1.47. The number of ether oxygens (including phenoxy) is 2. The van der Waals surface area contributed by atoms with E-state index in [1.165, 1.54) is 24.6 Å². The predicted molar refractivity (Wildman–Crippen MR) is 74.4 cm³/mol. The van der Waals surface area contributed by atoms with E-state index in [2.05, 4.69) is 4.74 Å². The van der Waals surface area contributed by atoms with Gasteiger partial charge in [-0.1, -0.05) is 0 Å². The van der Waals surface area contributed by atoms with Crippen LogP contribution >= 0.6 is 11.3 Å². The third kappa shape index (κ3) is 3.03. The van der Waals surface area contributed by atoms with Crippen molar-refractivity contribution in [3.05, 3.63) is 16.3 Å². The van der Waals surface area contributed by atoms with Crippen LogP contribution in [0.5, 0.6) is 0 Å². The van der Waals surface area contributed by atoms with E-state index in [4.69, 9.17) is 4.74 Å². The Bertz CT molecular complexity index is 576. The number of sulfonamides is 1. The van der Waals surface area contributed by atoms with Crippen molar-refractivity contribution in [2.24, 2.45) is 0 Å². The molecule has 8 heteroatoms. The van der Waals surface area contributed by atoms with Gasteiger partial charge in [0.05, 0.1) is 13.7 Å². The molecule has 0 spiro atoms. The van der Waals surface area contributed by atoms with Crippen molar-refractivity contribution in [1.29, 1.82) is 0 Å². The number of carbonyl (C=O) groups is 1. The van der Waals surface area contributed by atoms with Crippen LogP contribution in [0.1, 0.15) is 22.5 Å². The van der Waals surface area contributed by atoms with Gasteiger partial charge in [0.2, 0.25) is 10.0 Å². The Morgan fingerprint density at radius 1 is 1.45 bits per heavy atom. The summed E-state index contributed by atoms with van der Waals surface area (Å²) in [5.41, 5.74) is 0. The van der Waals surface area contributed by atoms with Crippen molar-refractivity contribution in [2.75, 3.05) is 27.4 Å². The minimum absolute atomic E-state index is 0.0144. The van der Waals surface area contributed by atoms with Gasteiger partial charge in [-0.2, -0.15) is 4.31 Å². The molecule has 0 aliphatic heterocycles. The van der Waals surface area contributed by atoms with Gasteiger partial charge in [-0.15, -0.1) is 11.3 Å². The van der Waals surface area contributed by atoms with Gasteiger partial charge in [-0.3, -0.25) is 0 Å². The monoisotopic (exact) mass is 319 g/mol. The molecule has 1 fully saturated rings. The maximum Gasteiger partial charge on any atom is 0.349 e. The number of hydrogen-bond donors (Lipinski definition) is 0. The Labute approximate surface area is 122 Å². The first kappa shape index (κ1) is 15.4. The Morgan fingerprint density at radius 3 is 2.70 bits per heavy atom. The Morgan fingerprint density at radius 2 is 2.15 bits per heavy atom. The lowest BCUT2D eigenvalue weighted by atomic mass is 10.5. The summed E-state index contributed by atoms with van der Waals surface area (Å²) in [4.78, 5) is 11.8. The Kier molecular flexibility index (Phi) is 4.79. The quantitative estimate of drug-likeness (QED) is 0.709. The fourth-order valence-electron chi connectivity index (χ4n) is 1.91. The van der Waals surface area contributed by atoms with Crippen LogP contribution in [0.15, 0.2) is 16.3 Å². The van der Waals surface area contributed by atoms with Crippen molar-refractivity contribution < 1.29 is 22.7 Å². The summed E-state index contributed by atoms with van der Waals surface area (Å²) < 4.78 is 36.4. The van der Waals surface area contributed by atoms with E-state index in [0.717, 1.165) is 24.2 Å². The number of rotatable bonds is 7. The van der Waals surface area contributed by atoms with Crippen molar-refractivity contribution in [1.82, 2.24) is 4.31 Å². The molecule has 1 saturated carbocycles. The zero-order chi connectivity index (χ0) is 14.8. The molecule has 0 bridgehead atoms. The van der Waals surface area contributed by atoms with E-state index < -0.39 is 16.0 Å². The number of esters is 1. The lowest BCUT2D eigenvalue weighted by Crippen LogP contribution is -2.36. The second kappa shape index (κ2) is 6.21. The average molecular weight is 319 g/mol. The van der Waals surface area contributed by atoms with Gasteiger partial charge >= 0.3 is 5.97 Å². The molecule has 0 radical (unpaired) electrons. The zero-order valence-electron chi connectivity index (χ0n) is 11.4. The van der Waals surface area contributed by atoms with Crippen LogP contribution in [0, 0.1) is 0 Å². The van der Waals surface area contributed by atoms with Crippen LogP contribution in [0.3, 0.4) is 0 Å². The molecule has 1 aromatic rings. The van der Waals surface area contributed by atoms with E-state index in [1.54, 1.807) is 5.38 Å². The minimum Gasteiger partial charge on any atom is -0.465 e. The number of hydrogen-bond acceptors (Lipinski definition) is 6. The molecule has 2 rings (SSSR count). The molecule has 112 valence electrons. The van der Waals surface area contributed by atoms with Gasteiger partial charge in [0.25, 0.3) is 0 Å². The fraction of sp³-hybridized carbons (Fsp3) is 0.583. The smallest absolute Gasteiger partial charge is 0.349 e. The average Bonchev–Trinajstić information content (AvgIpc) is 3.12. The summed E-state index contributed by atoms with van der Waals surface area (Å²) in [6.07, 6.45) is 1.70. The van der Waals surface area contributed by atoms with Gasteiger partial charge in [0.15, 0.2) is 0 Å². The van der Waals surface area contributed by atoms with E-state index in [9.17, 15) is 13.2 Å². The lowest BCUT2D eigenvalue weighted by molar-refractivity contribution is 0.0602. The van der Waals surface area contributed by atoms with E-state index in [0.29, 0.717) is 13.2 Å². The van der Waals surface area contributed by atoms with Gasteiger partial charge in [0, 0.05) is 19.7 Å². The van der Waals surface area contributed by atoms with Gasteiger partial charge < -0.3 is 9.47 Å². The third-order valence-corrected chi connectivity index (χ3v) is 6.07. The highest BCUT2D eigenvalue weighted by molar-refractivity contribution is 7.89. The molecule has 1 heterocycles. The first-order chi connectivity index (χ1) is 9.52. The van der Waals surface area contributed by atoms with Gasteiger partial charge in [0.1, 0.15) is 9.77 Å². The molecule has 0 aromatic carbocycles. The minimum atomic E-state index is -3.69. The first-order valence-corrected chi connectivity index (χ1v) is 8.51. The molecular weight excluding hydrogens is 302 g/mol. The van der Waals surface area contributed by atoms with Crippen LogP contribution in [0.2, 0.25) is 0 Å². The molecular formula is C12H17NO5S2. The van der Waals surface area contributed by atoms with Gasteiger partial charge in [-0.25, -0.2) is 13.2 Å². The van der Waals surface area contributed by atoms with E-state index in [-0.39, 0.29) is 15.8 Å². The highest BCUT2D eigenvalue weighted by Gasteiger charge is 2.39. The molecule has 0 unspecified atom stereocenters. The molecule has 6 nitrogen and oxygen atoms in total. The number of methoxy groups -OCH3 is 2. The summed E-state index contributed by atoms with van der Waals surface area (Å²) in [5, 5.41) is 1.58. The van der Waals surface area contributed by atoms with Gasteiger partial charge in [-0.05, 0) is 24.3 Å². The standard InChI is InChI=1S/C12H17NO5S2/c1-17-7-6-13(9-3-4-9)20(15,16)10-5-8-19-11(10)12(14)18-2/h5,8-9H,3-4,6-7H2,1-2H3. The van der Waals surface area contributed by atoms with Crippen molar-refractivity contribution in [3.63, 3.8) is 0 Å². The molecule has 0 atom stereocenters. The lowest BCUT2D eigenvalue weighted by Gasteiger charge is -2.21. The number of nitrogens with zero attached hydrogens (tertiary/aromatic N) is 1. The van der Waals surface area contributed by atoms with Crippen molar-refractivity contribution in [2.45, 2.75) is 23.8 Å². The molecule has 0 N–H and O–H groups in total. The fourth-order valence-corrected chi connectivity index (χ4v) is 4.89. The van der Waals surface area contributed by atoms with Crippen molar-refractivity contribution >= 4 is 27.3 Å². The first-order valence-electron chi connectivity index (χ1n) is 6.19. The summed E-state index contributed by atoms with van der Waals surface area (Å²) in [6.45, 7) is 0.618. The summed E-state index contributed by atoms with van der Waals surface area (Å²) >= 11 is 1.07. The van der Waals surface area contributed by atoms with Crippen LogP contribution in [0.25, 0.3) is 0 Å². The van der Waals surface area contributed by atoms with Crippen LogP contribution in [-0.4, -0.2) is 52.1 Å². The van der Waals surface area contributed by atoms with E-state index in [1.807, 2.05) is 0 Å². The van der Waals surface area contributed by atoms with Crippen LogP contribution in [-0.2, 0) is 19.5 Å². The van der Waals surface area contributed by atoms with Crippen molar-refractivity contribution in [3.8, 4) is 0 Å². The zero-order valence-corrected chi connectivity index (χ0v) is 13.0. The highest BCUT2D eigenvalue weighted by Crippen LogP contribution is 2.34. The second-order valence-electron chi connectivity index (χ2n) is 4.45. The van der Waals surface area contributed by atoms with Crippen LogP contribution < -0.4 is 0 Å². The van der Waals surface area contributed by atoms with E-state index >= 15 is 0 Å². The SMILES string of the molecule is COCCN(C1CC1)S(=O)(=O)c1ccsc1C(=O)OC. The largest absolute Gasteiger partial charge is 0.465 e. The third-order valence-electron chi connectivity index (χ3n) is 3.06.